The Morgan fingerprint density at radius 2 is 1.90 bits per heavy atom. The van der Waals surface area contributed by atoms with Crippen LogP contribution in [0.3, 0.4) is 0 Å². The molecule has 6 nitrogen and oxygen atoms in total. The van der Waals surface area contributed by atoms with Crippen molar-refractivity contribution in [3.63, 3.8) is 0 Å². The van der Waals surface area contributed by atoms with Gasteiger partial charge in [-0.2, -0.15) is 0 Å². The Labute approximate surface area is 177 Å². The second-order valence-electron chi connectivity index (χ2n) is 7.99. The lowest BCUT2D eigenvalue weighted by atomic mass is 10.0. The molecule has 2 aliphatic heterocycles. The molecule has 0 radical (unpaired) electrons. The minimum Gasteiger partial charge on any atom is -0.379 e. The summed E-state index contributed by atoms with van der Waals surface area (Å²) in [5.74, 6) is -0.444. The third kappa shape index (κ3) is 4.37. The minimum absolute atomic E-state index is 0.0966. The normalized spacial score (nSPS) is 18.4. The summed E-state index contributed by atoms with van der Waals surface area (Å²) in [5.41, 5.74) is 4.03. The molecule has 2 heterocycles. The highest BCUT2D eigenvalue weighted by molar-refractivity contribution is 7.89. The molecule has 4 rings (SSSR count). The molecule has 0 aromatic heterocycles. The Bertz CT molecular complexity index is 1020. The predicted octanol–water partition coefficient (Wildman–Crippen LogP) is 2.48. The van der Waals surface area contributed by atoms with E-state index in [0.29, 0.717) is 18.8 Å². The standard InChI is InChI=1S/C22H28FN3O3S/c1-16-13-19(23)4-6-22(16)30(27,28)24-15-21(26-9-11-29-12-10-26)17-3-5-20-18(14-17)7-8-25(20)2/h3-6,13-14,21,24H,7-12,15H2,1-2H3/t21-/m1/s1. The Morgan fingerprint density at radius 1 is 1.13 bits per heavy atom. The fraction of sp³-hybridized carbons (Fsp3) is 0.455. The van der Waals surface area contributed by atoms with E-state index in [-0.39, 0.29) is 17.5 Å². The van der Waals surface area contributed by atoms with E-state index in [9.17, 15) is 12.8 Å². The molecular formula is C22H28FN3O3S. The molecule has 162 valence electrons. The number of ether oxygens (including phenoxy) is 1. The largest absolute Gasteiger partial charge is 0.379 e. The third-order valence-electron chi connectivity index (χ3n) is 6.00. The van der Waals surface area contributed by atoms with Gasteiger partial charge in [0, 0.05) is 45.0 Å². The first-order valence-electron chi connectivity index (χ1n) is 10.3. The Morgan fingerprint density at radius 3 is 2.63 bits per heavy atom. The number of aryl methyl sites for hydroxylation is 1. The van der Waals surface area contributed by atoms with Crippen molar-refractivity contribution in [1.82, 2.24) is 9.62 Å². The molecule has 1 atom stereocenters. The second kappa shape index (κ2) is 8.63. The van der Waals surface area contributed by atoms with Gasteiger partial charge in [0.25, 0.3) is 0 Å². The van der Waals surface area contributed by atoms with Gasteiger partial charge in [-0.25, -0.2) is 17.5 Å². The molecule has 8 heteroatoms. The molecule has 2 aliphatic rings. The maximum Gasteiger partial charge on any atom is 0.240 e. The monoisotopic (exact) mass is 433 g/mol. The summed E-state index contributed by atoms with van der Waals surface area (Å²) in [4.78, 5) is 4.62. The van der Waals surface area contributed by atoms with Crippen molar-refractivity contribution < 1.29 is 17.5 Å². The van der Waals surface area contributed by atoms with E-state index in [1.807, 2.05) is 0 Å². The first-order valence-corrected chi connectivity index (χ1v) is 11.7. The van der Waals surface area contributed by atoms with Crippen LogP contribution in [0.1, 0.15) is 22.7 Å². The summed E-state index contributed by atoms with van der Waals surface area (Å²) in [7, 11) is -1.67. The lowest BCUT2D eigenvalue weighted by molar-refractivity contribution is 0.0172. The number of sulfonamides is 1. The number of nitrogens with zero attached hydrogens (tertiary/aromatic N) is 2. The van der Waals surface area contributed by atoms with Gasteiger partial charge in [-0.15, -0.1) is 0 Å². The number of hydrogen-bond acceptors (Lipinski definition) is 5. The zero-order valence-electron chi connectivity index (χ0n) is 17.4. The molecule has 0 aliphatic carbocycles. The first kappa shape index (κ1) is 21.2. The third-order valence-corrected chi connectivity index (χ3v) is 7.58. The summed E-state index contributed by atoms with van der Waals surface area (Å²) >= 11 is 0. The average molecular weight is 434 g/mol. The Balaban J connectivity index is 1.59. The molecule has 0 saturated carbocycles. The minimum atomic E-state index is -3.75. The lowest BCUT2D eigenvalue weighted by Crippen LogP contribution is -2.43. The zero-order valence-corrected chi connectivity index (χ0v) is 18.2. The number of hydrogen-bond donors (Lipinski definition) is 1. The van der Waals surface area contributed by atoms with Crippen LogP contribution in [-0.4, -0.2) is 59.8 Å². The summed E-state index contributed by atoms with van der Waals surface area (Å²) in [5, 5.41) is 0. The van der Waals surface area contributed by atoms with E-state index in [1.54, 1.807) is 6.92 Å². The number of nitrogens with one attached hydrogen (secondary N) is 1. The average Bonchev–Trinajstić information content (AvgIpc) is 3.09. The molecule has 1 N–H and O–H groups in total. The summed E-state index contributed by atoms with van der Waals surface area (Å²) in [6.07, 6.45) is 0.996. The molecule has 1 fully saturated rings. The summed E-state index contributed by atoms with van der Waals surface area (Å²) in [6, 6.07) is 10.1. The van der Waals surface area contributed by atoms with E-state index in [0.717, 1.165) is 31.6 Å². The smallest absolute Gasteiger partial charge is 0.240 e. The number of likely N-dealkylation sites (N-methyl/N-ethyl adjacent to an activating group) is 1. The van der Waals surface area contributed by atoms with Gasteiger partial charge in [0.2, 0.25) is 10.0 Å². The van der Waals surface area contributed by atoms with Crippen LogP contribution in [0, 0.1) is 12.7 Å². The second-order valence-corrected chi connectivity index (χ2v) is 9.72. The highest BCUT2D eigenvalue weighted by atomic mass is 32.2. The Kier molecular flexibility index (Phi) is 6.11. The van der Waals surface area contributed by atoms with Crippen LogP contribution in [0.4, 0.5) is 10.1 Å². The number of rotatable bonds is 6. The molecule has 0 unspecified atom stereocenters. The molecule has 0 spiro atoms. The van der Waals surface area contributed by atoms with Gasteiger partial charge in [-0.3, -0.25) is 4.90 Å². The number of halogens is 1. The molecule has 1 saturated heterocycles. The van der Waals surface area contributed by atoms with Crippen molar-refractivity contribution >= 4 is 15.7 Å². The molecule has 30 heavy (non-hydrogen) atoms. The highest BCUT2D eigenvalue weighted by Crippen LogP contribution is 2.31. The Hall–Kier alpha value is -2.00. The number of morpholine rings is 1. The van der Waals surface area contributed by atoms with Gasteiger partial charge in [-0.1, -0.05) is 12.1 Å². The molecule has 0 bridgehead atoms. The van der Waals surface area contributed by atoms with Crippen molar-refractivity contribution in [2.45, 2.75) is 24.3 Å². The fourth-order valence-corrected chi connectivity index (χ4v) is 5.58. The van der Waals surface area contributed by atoms with Gasteiger partial charge in [0.1, 0.15) is 5.82 Å². The van der Waals surface area contributed by atoms with Crippen molar-refractivity contribution in [3.05, 3.63) is 58.9 Å². The maximum absolute atomic E-state index is 13.4. The molecule has 0 amide bonds. The topological polar surface area (TPSA) is 61.9 Å². The quantitative estimate of drug-likeness (QED) is 0.759. The SMILES string of the molecule is Cc1cc(F)ccc1S(=O)(=O)NC[C@H](c1ccc2c(c1)CCN2C)N1CCOCC1. The van der Waals surface area contributed by atoms with E-state index in [1.165, 1.54) is 29.4 Å². The summed E-state index contributed by atoms with van der Waals surface area (Å²) in [6.45, 7) is 5.61. The molecule has 2 aromatic rings. The van der Waals surface area contributed by atoms with E-state index < -0.39 is 15.8 Å². The predicted molar refractivity (Wildman–Crippen MR) is 115 cm³/mol. The van der Waals surface area contributed by atoms with Crippen LogP contribution in [0.2, 0.25) is 0 Å². The van der Waals surface area contributed by atoms with E-state index in [2.05, 4.69) is 39.8 Å². The fourth-order valence-electron chi connectivity index (χ4n) is 4.32. The highest BCUT2D eigenvalue weighted by Gasteiger charge is 2.27. The van der Waals surface area contributed by atoms with E-state index >= 15 is 0 Å². The van der Waals surface area contributed by atoms with Crippen molar-refractivity contribution in [3.8, 4) is 0 Å². The lowest BCUT2D eigenvalue weighted by Gasteiger charge is -2.35. The van der Waals surface area contributed by atoms with Crippen molar-refractivity contribution in [2.24, 2.45) is 0 Å². The van der Waals surface area contributed by atoms with Crippen LogP contribution in [-0.2, 0) is 21.2 Å². The summed E-state index contributed by atoms with van der Waals surface area (Å²) < 4.78 is 47.5. The number of fused-ring (bicyclic) bond motifs is 1. The maximum atomic E-state index is 13.4. The van der Waals surface area contributed by atoms with Crippen molar-refractivity contribution in [2.75, 3.05) is 51.3 Å². The van der Waals surface area contributed by atoms with Crippen LogP contribution in [0.25, 0.3) is 0 Å². The van der Waals surface area contributed by atoms with Crippen LogP contribution in [0.5, 0.6) is 0 Å². The van der Waals surface area contributed by atoms with Crippen LogP contribution in [0.15, 0.2) is 41.3 Å². The van der Waals surface area contributed by atoms with Crippen molar-refractivity contribution in [1.29, 1.82) is 0 Å². The first-order chi connectivity index (χ1) is 14.3. The van der Waals surface area contributed by atoms with E-state index in [4.69, 9.17) is 4.74 Å². The van der Waals surface area contributed by atoms with Crippen LogP contribution >= 0.6 is 0 Å². The van der Waals surface area contributed by atoms with Gasteiger partial charge < -0.3 is 9.64 Å². The zero-order chi connectivity index (χ0) is 21.3. The van der Waals surface area contributed by atoms with Crippen LogP contribution < -0.4 is 9.62 Å². The molecular weight excluding hydrogens is 405 g/mol. The number of anilines is 1. The van der Waals surface area contributed by atoms with Gasteiger partial charge in [-0.05, 0) is 54.3 Å². The number of benzene rings is 2. The van der Waals surface area contributed by atoms with Gasteiger partial charge >= 0.3 is 0 Å². The van der Waals surface area contributed by atoms with Gasteiger partial charge in [0.15, 0.2) is 0 Å². The van der Waals surface area contributed by atoms with Gasteiger partial charge in [0.05, 0.1) is 18.1 Å². The molecule has 2 aromatic carbocycles.